The van der Waals surface area contributed by atoms with Crippen molar-refractivity contribution in [1.29, 1.82) is 0 Å². The summed E-state index contributed by atoms with van der Waals surface area (Å²) in [6, 6.07) is 0. The maximum absolute atomic E-state index is 5.64. The Morgan fingerprint density at radius 2 is 2.00 bits per heavy atom. The molecule has 7 nitrogen and oxygen atoms in total. The van der Waals surface area contributed by atoms with E-state index in [0.29, 0.717) is 0 Å². The Bertz CT molecular complexity index is 157. The van der Waals surface area contributed by atoms with Gasteiger partial charge in [-0.3, -0.25) is 0 Å². The first-order valence-corrected chi connectivity index (χ1v) is 3.22. The van der Waals surface area contributed by atoms with E-state index in [9.17, 15) is 0 Å². The van der Waals surface area contributed by atoms with Gasteiger partial charge in [-0.25, -0.2) is 5.84 Å². The fourth-order valence-electron chi connectivity index (χ4n) is 0.524. The third-order valence-electron chi connectivity index (χ3n) is 1.41. The number of nitrogens with zero attached hydrogens (tertiary/aromatic N) is 2. The van der Waals surface area contributed by atoms with Crippen LogP contribution in [0.4, 0.5) is 0 Å². The summed E-state index contributed by atoms with van der Waals surface area (Å²) in [6.45, 7) is 5.56. The van der Waals surface area contributed by atoms with Crippen LogP contribution in [-0.4, -0.2) is 15.7 Å². The molecule has 0 amide bonds. The Hall–Kier alpha value is -0.280. The number of hydrogen-bond acceptors (Lipinski definition) is 6. The summed E-state index contributed by atoms with van der Waals surface area (Å²) < 4.78 is 0. The Labute approximate surface area is 64.7 Å². The molecule has 1 aliphatic heterocycles. The van der Waals surface area contributed by atoms with Crippen LogP contribution in [-0.2, 0) is 9.88 Å². The second-order valence-electron chi connectivity index (χ2n) is 3.36. The van der Waals surface area contributed by atoms with Gasteiger partial charge < -0.3 is 0 Å². The van der Waals surface area contributed by atoms with Crippen LogP contribution in [0.3, 0.4) is 0 Å². The number of nitrogens with two attached hydrogens (primary N) is 2. The molecule has 0 saturated carbocycles. The molecule has 1 unspecified atom stereocenters. The first-order chi connectivity index (χ1) is 4.85. The van der Waals surface area contributed by atoms with Crippen LogP contribution in [0, 0.1) is 0 Å². The van der Waals surface area contributed by atoms with Gasteiger partial charge in [-0.15, -0.1) is 5.84 Å². The van der Waals surface area contributed by atoms with Crippen LogP contribution < -0.4 is 17.3 Å². The molecule has 0 aliphatic carbocycles. The van der Waals surface area contributed by atoms with Crippen molar-refractivity contribution < 1.29 is 14.8 Å². The van der Waals surface area contributed by atoms with Crippen molar-refractivity contribution in [2.24, 2.45) is 11.7 Å². The first-order valence-electron chi connectivity index (χ1n) is 3.22. The second kappa shape index (κ2) is 2.35. The summed E-state index contributed by atoms with van der Waals surface area (Å²) in [4.78, 5) is 9.22. The molecule has 0 spiro atoms. The molecule has 0 aromatic heterocycles. The molecule has 1 aliphatic rings. The molecule has 1 fully saturated rings. The monoisotopic (exact) mass is 164 g/mol. The predicted molar refractivity (Wildman–Crippen MR) is 35.5 cm³/mol. The Morgan fingerprint density at radius 3 is 2.18 bits per heavy atom. The van der Waals surface area contributed by atoms with E-state index >= 15 is 0 Å². The lowest BCUT2D eigenvalue weighted by Crippen LogP contribution is -2.62. The fourth-order valence-corrected chi connectivity index (χ4v) is 0.524. The Kier molecular flexibility index (Phi) is 1.89. The van der Waals surface area contributed by atoms with Crippen LogP contribution in [0.1, 0.15) is 20.8 Å². The highest BCUT2D eigenvalue weighted by Gasteiger charge is 2.50. The molecule has 0 aromatic carbocycles. The van der Waals surface area contributed by atoms with Crippen molar-refractivity contribution in [2.45, 2.75) is 26.3 Å². The summed E-state index contributed by atoms with van der Waals surface area (Å²) >= 11 is 0. The molecule has 1 rings (SSSR count). The van der Waals surface area contributed by atoms with Gasteiger partial charge in [-0.1, -0.05) is 0 Å². The van der Waals surface area contributed by atoms with Gasteiger partial charge in [0.15, 0.2) is 5.54 Å². The zero-order valence-corrected chi connectivity index (χ0v) is 6.87. The fraction of sp³-hybridized carbons (Fsp3) is 1.00. The molecule has 1 saturated heterocycles. The highest BCUT2D eigenvalue weighted by atomic mass is 17.2. The molecular formula is C4H14N5O2+. The van der Waals surface area contributed by atoms with E-state index in [-0.39, 0.29) is 0 Å². The number of hydroxylamine groups is 2. The van der Waals surface area contributed by atoms with Crippen LogP contribution in [0.15, 0.2) is 0 Å². The van der Waals surface area contributed by atoms with Crippen LogP contribution in [0.2, 0.25) is 0 Å². The lowest BCUT2D eigenvalue weighted by atomic mass is 10.1. The van der Waals surface area contributed by atoms with Gasteiger partial charge in [0, 0.05) is 5.28 Å². The van der Waals surface area contributed by atoms with E-state index in [1.54, 1.807) is 0 Å². The summed E-state index contributed by atoms with van der Waals surface area (Å²) in [5.41, 5.74) is 1.84. The average Bonchev–Trinajstić information content (AvgIpc) is 2.10. The molecule has 66 valence electrons. The van der Waals surface area contributed by atoms with Gasteiger partial charge in [0.25, 0.3) is 0 Å². The molecule has 0 aromatic rings. The largest absolute Gasteiger partial charge is 0.223 e. The zero-order valence-electron chi connectivity index (χ0n) is 6.87. The lowest BCUT2D eigenvalue weighted by molar-refractivity contribution is -1.28. The van der Waals surface area contributed by atoms with E-state index in [0.717, 1.165) is 5.28 Å². The van der Waals surface area contributed by atoms with E-state index in [4.69, 9.17) is 21.6 Å². The van der Waals surface area contributed by atoms with E-state index in [1.807, 2.05) is 20.8 Å². The maximum atomic E-state index is 5.64. The van der Waals surface area contributed by atoms with Gasteiger partial charge >= 0.3 is 0 Å². The first kappa shape index (κ1) is 8.81. The number of rotatable bonds is 0. The summed E-state index contributed by atoms with van der Waals surface area (Å²) in [7, 11) is 0. The van der Waals surface area contributed by atoms with E-state index in [2.05, 4.69) is 5.59 Å². The minimum absolute atomic E-state index is 0.416. The quantitative estimate of drug-likeness (QED) is 0.310. The van der Waals surface area contributed by atoms with Gasteiger partial charge in [0.2, 0.25) is 0 Å². The third kappa shape index (κ3) is 1.49. The molecule has 0 bridgehead atoms. The SMILES string of the molecule is CC(C)(C)[N+]1(N)ONN(N)O1. The Balaban J connectivity index is 2.69. The normalized spacial score (nSPS) is 34.6. The molecular weight excluding hydrogens is 150 g/mol. The molecule has 1 heterocycles. The predicted octanol–water partition coefficient (Wildman–Crippen LogP) is -1.14. The van der Waals surface area contributed by atoms with Crippen LogP contribution >= 0.6 is 0 Å². The molecule has 0 radical (unpaired) electrons. The number of quaternary nitrogens is 1. The zero-order chi connectivity index (χ0) is 8.70. The number of nitrogens with one attached hydrogen (secondary N) is 1. The second-order valence-corrected chi connectivity index (χ2v) is 3.36. The Morgan fingerprint density at radius 1 is 1.45 bits per heavy atom. The standard InChI is InChI=1S/C4H14N5O2/c1-4(2,3)9(6)10-7-8(5)11-9/h7H,5-6H2,1-3H3/q+1. The van der Waals surface area contributed by atoms with Crippen molar-refractivity contribution in [3.8, 4) is 0 Å². The van der Waals surface area contributed by atoms with Crippen molar-refractivity contribution >= 4 is 0 Å². The average molecular weight is 164 g/mol. The summed E-state index contributed by atoms with van der Waals surface area (Å²) in [5.74, 6) is 10.8. The minimum atomic E-state index is -0.552. The highest BCUT2D eigenvalue weighted by Crippen LogP contribution is 2.22. The molecule has 5 N–H and O–H groups in total. The lowest BCUT2D eigenvalue weighted by Gasteiger charge is -2.29. The van der Waals surface area contributed by atoms with Crippen LogP contribution in [0.5, 0.6) is 0 Å². The van der Waals surface area contributed by atoms with Crippen molar-refractivity contribution in [3.63, 3.8) is 0 Å². The van der Waals surface area contributed by atoms with Gasteiger partial charge in [-0.05, 0) is 36.2 Å². The molecule has 1 atom stereocenters. The van der Waals surface area contributed by atoms with Gasteiger partial charge in [0.1, 0.15) is 0 Å². The summed E-state index contributed by atoms with van der Waals surface area (Å²) in [5, 5.41) is 0.811. The molecule has 7 heteroatoms. The smallest absolute Gasteiger partial charge is 0.178 e. The van der Waals surface area contributed by atoms with E-state index < -0.39 is 10.5 Å². The van der Waals surface area contributed by atoms with Crippen LogP contribution in [0.25, 0.3) is 0 Å². The van der Waals surface area contributed by atoms with Crippen molar-refractivity contribution in [3.05, 3.63) is 0 Å². The van der Waals surface area contributed by atoms with Crippen molar-refractivity contribution in [2.75, 3.05) is 0 Å². The third-order valence-corrected chi connectivity index (χ3v) is 1.41. The molecule has 11 heavy (non-hydrogen) atoms. The topological polar surface area (TPSA) is 85.8 Å². The number of hydrogen-bond donors (Lipinski definition) is 3. The summed E-state index contributed by atoms with van der Waals surface area (Å²) in [6.07, 6.45) is 0. The maximum Gasteiger partial charge on any atom is 0.178 e. The minimum Gasteiger partial charge on any atom is -0.223 e. The van der Waals surface area contributed by atoms with Gasteiger partial charge in [0.05, 0.1) is 4.92 Å². The highest BCUT2D eigenvalue weighted by molar-refractivity contribution is 4.54. The van der Waals surface area contributed by atoms with E-state index in [1.165, 1.54) is 0 Å². The van der Waals surface area contributed by atoms with Crippen molar-refractivity contribution in [1.82, 2.24) is 10.9 Å². The number of hydrazine groups is 2. The van der Waals surface area contributed by atoms with Gasteiger partial charge in [-0.2, -0.15) is 0 Å².